The van der Waals surface area contributed by atoms with Crippen molar-refractivity contribution in [3.05, 3.63) is 54.1 Å². The number of hydrazone groups is 1. The molecule has 0 bridgehead atoms. The highest BCUT2D eigenvalue weighted by Crippen LogP contribution is 2.25. The molecule has 162 valence electrons. The van der Waals surface area contributed by atoms with Gasteiger partial charge in [-0.25, -0.2) is 10.4 Å². The second-order valence-corrected chi connectivity index (χ2v) is 6.22. The van der Waals surface area contributed by atoms with E-state index in [4.69, 9.17) is 4.74 Å². The average Bonchev–Trinajstić information content (AvgIpc) is 3.08. The van der Waals surface area contributed by atoms with E-state index < -0.39 is 24.5 Å². The molecule has 3 rings (SSSR count). The van der Waals surface area contributed by atoms with E-state index >= 15 is 0 Å². The van der Waals surface area contributed by atoms with Gasteiger partial charge in [-0.15, -0.1) is 0 Å². The lowest BCUT2D eigenvalue weighted by Gasteiger charge is -2.12. The van der Waals surface area contributed by atoms with Crippen LogP contribution in [-0.4, -0.2) is 43.8 Å². The van der Waals surface area contributed by atoms with Crippen LogP contribution in [0.25, 0.3) is 0 Å². The molecule has 31 heavy (non-hydrogen) atoms. The number of carbonyl (C=O) groups is 2. The summed E-state index contributed by atoms with van der Waals surface area (Å²) in [5.74, 6) is -0.569. The molecule has 0 aromatic heterocycles. The maximum atomic E-state index is 12.5. The zero-order valence-corrected chi connectivity index (χ0v) is 16.3. The molecule has 0 saturated carbocycles. The maximum Gasteiger partial charge on any atom is 0.387 e. The Morgan fingerprint density at radius 2 is 1.94 bits per heavy atom. The van der Waals surface area contributed by atoms with Crippen molar-refractivity contribution in [2.24, 2.45) is 10.1 Å². The molecule has 1 aliphatic rings. The molecule has 0 aliphatic carbocycles. The third kappa shape index (κ3) is 5.98. The summed E-state index contributed by atoms with van der Waals surface area (Å²) in [7, 11) is 1.54. The molecule has 0 spiro atoms. The van der Waals surface area contributed by atoms with Crippen LogP contribution in [0.2, 0.25) is 0 Å². The molecule has 9 nitrogen and oxygen atoms in total. The Morgan fingerprint density at radius 1 is 1.23 bits per heavy atom. The number of ether oxygens (including phenoxy) is 2. The van der Waals surface area contributed by atoms with Gasteiger partial charge in [0, 0.05) is 5.56 Å². The summed E-state index contributed by atoms with van der Waals surface area (Å²) in [5.41, 5.74) is 3.37. The fourth-order valence-corrected chi connectivity index (χ4v) is 2.72. The third-order valence-electron chi connectivity index (χ3n) is 4.10. The zero-order valence-electron chi connectivity index (χ0n) is 16.3. The summed E-state index contributed by atoms with van der Waals surface area (Å²) in [6, 6.07) is 12.0. The van der Waals surface area contributed by atoms with Crippen LogP contribution in [0.15, 0.2) is 58.6 Å². The van der Waals surface area contributed by atoms with Crippen LogP contribution in [0.3, 0.4) is 0 Å². The summed E-state index contributed by atoms with van der Waals surface area (Å²) in [4.78, 5) is 28.4. The molecule has 0 fully saturated rings. The number of carbonyl (C=O) groups excluding carboxylic acids is 2. The van der Waals surface area contributed by atoms with Gasteiger partial charge in [0.05, 0.1) is 25.4 Å². The second-order valence-electron chi connectivity index (χ2n) is 6.22. The van der Waals surface area contributed by atoms with Gasteiger partial charge in [-0.2, -0.15) is 13.9 Å². The summed E-state index contributed by atoms with van der Waals surface area (Å²) in [6.07, 6.45) is 1.20. The average molecular weight is 431 g/mol. The number of methoxy groups -OCH3 is 1. The fraction of sp³-hybridized carbons (Fsp3) is 0.200. The number of anilines is 1. The Bertz CT molecular complexity index is 1010. The van der Waals surface area contributed by atoms with E-state index in [0.717, 1.165) is 0 Å². The lowest BCUT2D eigenvalue weighted by molar-refractivity contribution is -0.123. The largest absolute Gasteiger partial charge is 0.496 e. The van der Waals surface area contributed by atoms with Crippen molar-refractivity contribution in [3.8, 4) is 11.5 Å². The number of guanidine groups is 1. The minimum Gasteiger partial charge on any atom is -0.496 e. The highest BCUT2D eigenvalue weighted by Gasteiger charge is 2.28. The van der Waals surface area contributed by atoms with Crippen LogP contribution in [0.1, 0.15) is 12.0 Å². The van der Waals surface area contributed by atoms with Crippen LogP contribution in [-0.2, 0) is 9.59 Å². The summed E-state index contributed by atoms with van der Waals surface area (Å²) in [6.45, 7) is -3.03. The highest BCUT2D eigenvalue weighted by molar-refractivity contribution is 6.07. The summed E-state index contributed by atoms with van der Waals surface area (Å²) in [5, 5.41) is 8.92. The minimum absolute atomic E-state index is 0.0648. The molecule has 11 heteroatoms. The smallest absolute Gasteiger partial charge is 0.387 e. The number of nitrogens with one attached hydrogen (secondary N) is 3. The SMILES string of the molecule is COc1ccccc1/C=N\NC1=N[C@H](CC(=O)Nc2ccccc2OC(F)F)C(=O)N1. The quantitative estimate of drug-likeness (QED) is 0.438. The van der Waals surface area contributed by atoms with Gasteiger partial charge in [0.25, 0.3) is 5.91 Å². The third-order valence-corrected chi connectivity index (χ3v) is 4.10. The van der Waals surface area contributed by atoms with Crippen LogP contribution < -0.4 is 25.5 Å². The lowest BCUT2D eigenvalue weighted by atomic mass is 10.2. The van der Waals surface area contributed by atoms with Crippen molar-refractivity contribution >= 4 is 29.7 Å². The maximum absolute atomic E-state index is 12.5. The van der Waals surface area contributed by atoms with Crippen LogP contribution in [0.5, 0.6) is 11.5 Å². The van der Waals surface area contributed by atoms with Crippen LogP contribution in [0, 0.1) is 0 Å². The number of rotatable bonds is 8. The van der Waals surface area contributed by atoms with Crippen molar-refractivity contribution < 1.29 is 27.8 Å². The minimum atomic E-state index is -3.03. The number of alkyl halides is 2. The summed E-state index contributed by atoms with van der Waals surface area (Å²) >= 11 is 0. The van der Waals surface area contributed by atoms with Gasteiger partial charge in [0.2, 0.25) is 11.9 Å². The number of nitrogens with zero attached hydrogens (tertiary/aromatic N) is 2. The van der Waals surface area contributed by atoms with Gasteiger partial charge >= 0.3 is 6.61 Å². The van der Waals surface area contributed by atoms with Crippen molar-refractivity contribution in [1.82, 2.24) is 10.7 Å². The number of aliphatic imine (C=N–C) groups is 1. The number of hydrogen-bond acceptors (Lipinski definition) is 7. The molecule has 0 saturated heterocycles. The molecule has 2 aromatic rings. The monoisotopic (exact) mass is 431 g/mol. The molecular weight excluding hydrogens is 412 g/mol. The molecule has 0 radical (unpaired) electrons. The molecule has 2 aromatic carbocycles. The molecule has 3 N–H and O–H groups in total. The van der Waals surface area contributed by atoms with Crippen molar-refractivity contribution in [2.45, 2.75) is 19.1 Å². The Balaban J connectivity index is 1.58. The van der Waals surface area contributed by atoms with Crippen molar-refractivity contribution in [2.75, 3.05) is 12.4 Å². The Hall–Kier alpha value is -4.02. The second kappa shape index (κ2) is 10.1. The van der Waals surface area contributed by atoms with Crippen LogP contribution in [0.4, 0.5) is 14.5 Å². The Morgan fingerprint density at radius 3 is 2.68 bits per heavy atom. The molecule has 0 unspecified atom stereocenters. The van der Waals surface area contributed by atoms with E-state index in [1.807, 2.05) is 12.1 Å². The fourth-order valence-electron chi connectivity index (χ4n) is 2.72. The highest BCUT2D eigenvalue weighted by atomic mass is 19.3. The standard InChI is InChI=1S/C20H19F2N5O4/c1-30-15-8-4-2-6-12(15)11-23-27-20-25-14(18(29)26-20)10-17(28)24-13-7-3-5-9-16(13)31-19(21)22/h2-9,11,14,19H,10H2,1H3,(H,24,28)(H2,25,26,27,29)/b23-11-/t14-/m1/s1. The predicted molar refractivity (Wildman–Crippen MR) is 109 cm³/mol. The van der Waals surface area contributed by atoms with Gasteiger partial charge in [0.15, 0.2) is 0 Å². The van der Waals surface area contributed by atoms with E-state index in [9.17, 15) is 18.4 Å². The number of amides is 2. The molecule has 2 amide bonds. The predicted octanol–water partition coefficient (Wildman–Crippen LogP) is 2.10. The van der Waals surface area contributed by atoms with Crippen molar-refractivity contribution in [1.29, 1.82) is 0 Å². The zero-order chi connectivity index (χ0) is 22.2. The van der Waals surface area contributed by atoms with E-state index in [-0.39, 0.29) is 23.8 Å². The first-order valence-electron chi connectivity index (χ1n) is 9.10. The van der Waals surface area contributed by atoms with Gasteiger partial charge in [-0.05, 0) is 24.3 Å². The van der Waals surface area contributed by atoms with E-state index in [1.165, 1.54) is 31.5 Å². The molecular formula is C20H19F2N5O4. The Labute approximate surface area is 176 Å². The van der Waals surface area contributed by atoms with Gasteiger partial charge < -0.3 is 14.8 Å². The molecule has 1 aliphatic heterocycles. The number of benzene rings is 2. The first-order valence-corrected chi connectivity index (χ1v) is 9.10. The lowest BCUT2D eigenvalue weighted by Crippen LogP contribution is -2.35. The normalized spacial score (nSPS) is 15.5. The molecule has 1 atom stereocenters. The first-order chi connectivity index (χ1) is 15.0. The number of hydrogen-bond donors (Lipinski definition) is 3. The molecule has 1 heterocycles. The van der Waals surface area contributed by atoms with E-state index in [2.05, 4.69) is 30.9 Å². The van der Waals surface area contributed by atoms with Gasteiger partial charge in [0.1, 0.15) is 17.5 Å². The van der Waals surface area contributed by atoms with Gasteiger partial charge in [-0.1, -0.05) is 24.3 Å². The van der Waals surface area contributed by atoms with Gasteiger partial charge in [-0.3, -0.25) is 14.9 Å². The number of para-hydroxylation sites is 3. The number of halogens is 2. The van der Waals surface area contributed by atoms with Crippen LogP contribution >= 0.6 is 0 Å². The van der Waals surface area contributed by atoms with E-state index in [0.29, 0.717) is 11.3 Å². The van der Waals surface area contributed by atoms with Crippen molar-refractivity contribution in [3.63, 3.8) is 0 Å². The Kier molecular flexibility index (Phi) is 7.09. The summed E-state index contributed by atoms with van der Waals surface area (Å²) < 4.78 is 34.5. The van der Waals surface area contributed by atoms with E-state index in [1.54, 1.807) is 18.2 Å². The topological polar surface area (TPSA) is 113 Å². The first kappa shape index (κ1) is 21.7.